The standard InChI is InChI=1S/C17H33N6O7P/c1-10(2)9-11(18)14(24)22-12(5-3-7-21-17(19)20)15(25)23-13(16(26)27)6-4-8-31(28,29)30/h4,6,10-13H,3,5,7-9,18H2,1-2H3,(H,22,24)(H,23,25)(H,26,27)(H4,19,20,21)(H2,28,29,30)/b6-4-/t11?,12-,13-/m0/s1. The number of carbonyl (C=O) groups is 3. The highest BCUT2D eigenvalue weighted by molar-refractivity contribution is 7.51. The lowest BCUT2D eigenvalue weighted by Crippen LogP contribution is -2.54. The van der Waals surface area contributed by atoms with Gasteiger partial charge in [0.1, 0.15) is 12.1 Å². The lowest BCUT2D eigenvalue weighted by atomic mass is 10.0. The topological polar surface area (TPSA) is 243 Å². The number of hydrogen-bond donors (Lipinski definition) is 8. The van der Waals surface area contributed by atoms with E-state index in [-0.39, 0.29) is 24.8 Å². The molecule has 31 heavy (non-hydrogen) atoms. The van der Waals surface area contributed by atoms with Crippen molar-refractivity contribution >= 4 is 31.3 Å². The Morgan fingerprint density at radius 2 is 1.74 bits per heavy atom. The molecule has 0 aliphatic heterocycles. The molecular formula is C17H33N6O7P. The van der Waals surface area contributed by atoms with E-state index >= 15 is 0 Å². The van der Waals surface area contributed by atoms with Crippen LogP contribution in [0.25, 0.3) is 0 Å². The third-order valence-electron chi connectivity index (χ3n) is 3.88. The molecule has 0 aromatic rings. The van der Waals surface area contributed by atoms with Crippen LogP contribution >= 0.6 is 7.60 Å². The van der Waals surface area contributed by atoms with Gasteiger partial charge in [-0.1, -0.05) is 26.0 Å². The van der Waals surface area contributed by atoms with E-state index in [1.54, 1.807) is 0 Å². The van der Waals surface area contributed by atoms with Gasteiger partial charge >= 0.3 is 13.6 Å². The lowest BCUT2D eigenvalue weighted by molar-refractivity contribution is -0.140. The molecule has 2 amide bonds. The summed E-state index contributed by atoms with van der Waals surface area (Å²) in [4.78, 5) is 57.8. The first-order chi connectivity index (χ1) is 14.2. The second-order valence-electron chi connectivity index (χ2n) is 7.35. The quantitative estimate of drug-likeness (QED) is 0.0471. The monoisotopic (exact) mass is 464 g/mol. The molecule has 0 saturated heterocycles. The highest BCUT2D eigenvalue weighted by Crippen LogP contribution is 2.33. The van der Waals surface area contributed by atoms with E-state index in [2.05, 4.69) is 15.6 Å². The fraction of sp³-hybridized carbons (Fsp3) is 0.647. The smallest absolute Gasteiger partial charge is 0.330 e. The Bertz CT molecular complexity index is 718. The second-order valence-corrected chi connectivity index (χ2v) is 9.04. The van der Waals surface area contributed by atoms with Gasteiger partial charge in [0.2, 0.25) is 11.8 Å². The van der Waals surface area contributed by atoms with Gasteiger partial charge in [-0.2, -0.15) is 0 Å². The molecule has 178 valence electrons. The molecule has 0 rings (SSSR count). The second kappa shape index (κ2) is 13.8. The highest BCUT2D eigenvalue weighted by Gasteiger charge is 2.27. The maximum absolute atomic E-state index is 12.6. The minimum Gasteiger partial charge on any atom is -0.479 e. The van der Waals surface area contributed by atoms with E-state index < -0.39 is 49.7 Å². The average Bonchev–Trinajstić information content (AvgIpc) is 2.61. The SMILES string of the molecule is CC(C)CC(N)C(=O)N[C@@H](CCCN=C(N)N)C(=O)N[C@@H](/C=C\CP(=O)(O)O)C(=O)O. The van der Waals surface area contributed by atoms with Crippen molar-refractivity contribution in [2.75, 3.05) is 12.7 Å². The summed E-state index contributed by atoms with van der Waals surface area (Å²) in [6.07, 6.45) is 2.02. The normalized spacial score (nSPS) is 14.6. The van der Waals surface area contributed by atoms with E-state index in [4.69, 9.17) is 27.0 Å². The van der Waals surface area contributed by atoms with Crippen molar-refractivity contribution in [1.29, 1.82) is 0 Å². The van der Waals surface area contributed by atoms with Crippen molar-refractivity contribution in [2.24, 2.45) is 28.1 Å². The number of nitrogens with zero attached hydrogens (tertiary/aromatic N) is 1. The van der Waals surface area contributed by atoms with E-state index in [9.17, 15) is 24.1 Å². The van der Waals surface area contributed by atoms with E-state index in [1.165, 1.54) is 0 Å². The molecule has 0 fully saturated rings. The van der Waals surface area contributed by atoms with Crippen molar-refractivity contribution in [3.8, 4) is 0 Å². The van der Waals surface area contributed by atoms with Gasteiger partial charge in [0, 0.05) is 6.54 Å². The third-order valence-corrected chi connectivity index (χ3v) is 4.56. The maximum Gasteiger partial charge on any atom is 0.330 e. The van der Waals surface area contributed by atoms with Crippen LogP contribution in [0.4, 0.5) is 0 Å². The Morgan fingerprint density at radius 3 is 2.23 bits per heavy atom. The summed E-state index contributed by atoms with van der Waals surface area (Å²) in [5, 5.41) is 14.0. The zero-order valence-electron chi connectivity index (χ0n) is 17.6. The Morgan fingerprint density at radius 1 is 1.13 bits per heavy atom. The number of amides is 2. The van der Waals surface area contributed by atoms with Crippen LogP contribution in [-0.2, 0) is 18.9 Å². The Balaban J connectivity index is 5.29. The molecule has 3 atom stereocenters. The zero-order chi connectivity index (χ0) is 24.2. The number of nitrogens with two attached hydrogens (primary N) is 3. The number of hydrogen-bond acceptors (Lipinski definition) is 6. The van der Waals surface area contributed by atoms with Crippen LogP contribution in [0.3, 0.4) is 0 Å². The van der Waals surface area contributed by atoms with Gasteiger partial charge in [-0.15, -0.1) is 0 Å². The van der Waals surface area contributed by atoms with Crippen LogP contribution in [0.1, 0.15) is 33.1 Å². The summed E-state index contributed by atoms with van der Waals surface area (Å²) >= 11 is 0. The zero-order valence-corrected chi connectivity index (χ0v) is 18.5. The van der Waals surface area contributed by atoms with Crippen molar-refractivity contribution in [1.82, 2.24) is 10.6 Å². The van der Waals surface area contributed by atoms with Gasteiger partial charge < -0.3 is 42.7 Å². The number of guanidine groups is 1. The number of aliphatic imine (C=N–C) groups is 1. The summed E-state index contributed by atoms with van der Waals surface area (Å²) in [5.74, 6) is -2.81. The Labute approximate surface area is 180 Å². The van der Waals surface area contributed by atoms with Crippen molar-refractivity contribution in [2.45, 2.75) is 51.2 Å². The van der Waals surface area contributed by atoms with E-state index in [0.29, 0.717) is 12.8 Å². The predicted octanol–water partition coefficient (Wildman–Crippen LogP) is -1.80. The van der Waals surface area contributed by atoms with Gasteiger partial charge in [0.25, 0.3) is 0 Å². The summed E-state index contributed by atoms with van der Waals surface area (Å²) in [6, 6.07) is -3.52. The molecule has 13 nitrogen and oxygen atoms in total. The molecule has 0 aromatic heterocycles. The van der Waals surface area contributed by atoms with E-state index in [1.807, 2.05) is 13.8 Å². The molecule has 0 aliphatic carbocycles. The third kappa shape index (κ3) is 14.2. The number of carbonyl (C=O) groups excluding carboxylic acids is 2. The lowest BCUT2D eigenvalue weighted by Gasteiger charge is -2.22. The van der Waals surface area contributed by atoms with Crippen molar-refractivity contribution in [3.63, 3.8) is 0 Å². The molecule has 0 radical (unpaired) electrons. The molecule has 0 aromatic carbocycles. The summed E-state index contributed by atoms with van der Waals surface area (Å²) in [7, 11) is -4.37. The first-order valence-corrected chi connectivity index (χ1v) is 11.4. The molecule has 0 spiro atoms. The highest BCUT2D eigenvalue weighted by atomic mass is 31.2. The summed E-state index contributed by atoms with van der Waals surface area (Å²) < 4.78 is 10.9. The van der Waals surface area contributed by atoms with Crippen LogP contribution in [0.15, 0.2) is 17.1 Å². The fourth-order valence-corrected chi connectivity index (χ4v) is 2.84. The summed E-state index contributed by atoms with van der Waals surface area (Å²) in [5.41, 5.74) is 16.3. The number of rotatable bonds is 14. The first-order valence-electron chi connectivity index (χ1n) is 9.58. The molecule has 0 saturated carbocycles. The molecule has 0 heterocycles. The first kappa shape index (κ1) is 28.5. The number of carboxylic acids is 1. The number of allylic oxidation sites excluding steroid dienone is 1. The van der Waals surface area contributed by atoms with Gasteiger partial charge in [0.15, 0.2) is 5.96 Å². The van der Waals surface area contributed by atoms with Crippen LogP contribution < -0.4 is 27.8 Å². The van der Waals surface area contributed by atoms with E-state index in [0.717, 1.165) is 12.2 Å². The molecule has 1 unspecified atom stereocenters. The van der Waals surface area contributed by atoms with Crippen LogP contribution in [-0.4, -0.2) is 69.5 Å². The molecular weight excluding hydrogens is 431 g/mol. The molecule has 0 bridgehead atoms. The van der Waals surface area contributed by atoms with Crippen molar-refractivity contribution < 1.29 is 33.8 Å². The van der Waals surface area contributed by atoms with Crippen LogP contribution in [0.5, 0.6) is 0 Å². The average molecular weight is 464 g/mol. The van der Waals surface area contributed by atoms with Gasteiger partial charge in [-0.05, 0) is 25.2 Å². The van der Waals surface area contributed by atoms with Crippen molar-refractivity contribution in [3.05, 3.63) is 12.2 Å². The van der Waals surface area contributed by atoms with Gasteiger partial charge in [0.05, 0.1) is 12.2 Å². The number of carboxylic acid groups (broad SMARTS) is 1. The minimum atomic E-state index is -4.37. The van der Waals surface area contributed by atoms with Crippen LogP contribution in [0, 0.1) is 5.92 Å². The number of nitrogens with one attached hydrogen (secondary N) is 2. The fourth-order valence-electron chi connectivity index (χ4n) is 2.45. The largest absolute Gasteiger partial charge is 0.479 e. The molecule has 14 heteroatoms. The predicted molar refractivity (Wildman–Crippen MR) is 115 cm³/mol. The number of aliphatic carboxylic acids is 1. The summed E-state index contributed by atoms with van der Waals surface area (Å²) in [6.45, 7) is 3.95. The van der Waals surface area contributed by atoms with Crippen LogP contribution in [0.2, 0.25) is 0 Å². The molecule has 11 N–H and O–H groups in total. The minimum absolute atomic E-state index is 0.0985. The van der Waals surface area contributed by atoms with Gasteiger partial charge in [-0.3, -0.25) is 19.1 Å². The van der Waals surface area contributed by atoms with Gasteiger partial charge in [-0.25, -0.2) is 4.79 Å². The Kier molecular flexibility index (Phi) is 12.7. The maximum atomic E-state index is 12.6. The Hall–Kier alpha value is -2.47. The molecule has 0 aliphatic rings.